The smallest absolute Gasteiger partial charge is 0.253 e. The zero-order valence-corrected chi connectivity index (χ0v) is 20.9. The fraction of sp³-hybridized carbons (Fsp3) is 0.226. The summed E-state index contributed by atoms with van der Waals surface area (Å²) in [6.07, 6.45) is 6.13. The predicted octanol–water partition coefficient (Wildman–Crippen LogP) is 5.20. The van der Waals surface area contributed by atoms with Crippen molar-refractivity contribution in [2.24, 2.45) is 0 Å². The van der Waals surface area contributed by atoms with E-state index in [0.29, 0.717) is 31.5 Å². The first-order chi connectivity index (χ1) is 18.1. The van der Waals surface area contributed by atoms with Gasteiger partial charge in [0.15, 0.2) is 0 Å². The van der Waals surface area contributed by atoms with Crippen molar-refractivity contribution >= 4 is 11.8 Å². The largest absolute Gasteiger partial charge is 0.349 e. The normalized spacial score (nSPS) is 15.5. The summed E-state index contributed by atoms with van der Waals surface area (Å²) < 4.78 is 0. The molecule has 1 saturated heterocycles. The predicted molar refractivity (Wildman–Crippen MR) is 144 cm³/mol. The van der Waals surface area contributed by atoms with Gasteiger partial charge in [-0.15, -0.1) is 0 Å². The molecule has 0 spiro atoms. The zero-order chi connectivity index (χ0) is 25.7. The molecule has 2 heterocycles. The lowest BCUT2D eigenvalue weighted by Gasteiger charge is -2.41. The van der Waals surface area contributed by atoms with Gasteiger partial charge < -0.3 is 10.2 Å². The van der Waals surface area contributed by atoms with Crippen molar-refractivity contribution in [1.82, 2.24) is 20.2 Å². The van der Waals surface area contributed by atoms with Crippen LogP contribution in [0, 0.1) is 0 Å². The topological polar surface area (TPSA) is 75.2 Å². The van der Waals surface area contributed by atoms with Crippen LogP contribution in [0.3, 0.4) is 0 Å². The van der Waals surface area contributed by atoms with Crippen molar-refractivity contribution in [2.45, 2.75) is 31.2 Å². The lowest BCUT2D eigenvalue weighted by molar-refractivity contribution is -0.129. The SMILES string of the molecule is C[C@H](NC(=O)C1(c2ccccc2)CCN(C(=O)c2ccc(-c3cncnc3)cc2)CC1)c1ccccc1. The molecule has 5 rings (SSSR count). The molecule has 1 fully saturated rings. The Hall–Kier alpha value is -4.32. The van der Waals surface area contributed by atoms with E-state index >= 15 is 0 Å². The Kier molecular flexibility index (Phi) is 7.08. The molecule has 0 unspecified atom stereocenters. The second kappa shape index (κ2) is 10.7. The Morgan fingerprint density at radius 3 is 2.03 bits per heavy atom. The maximum atomic E-state index is 13.8. The summed E-state index contributed by atoms with van der Waals surface area (Å²) in [5.74, 6) is -0.00725. The summed E-state index contributed by atoms with van der Waals surface area (Å²) in [5, 5.41) is 3.25. The average molecular weight is 491 g/mol. The van der Waals surface area contributed by atoms with Crippen LogP contribution in [-0.2, 0) is 10.2 Å². The molecule has 2 amide bonds. The molecule has 1 aliphatic heterocycles. The second-order valence-corrected chi connectivity index (χ2v) is 9.55. The quantitative estimate of drug-likeness (QED) is 0.403. The van der Waals surface area contributed by atoms with Crippen molar-refractivity contribution in [1.29, 1.82) is 0 Å². The number of likely N-dealkylation sites (tertiary alicyclic amines) is 1. The Morgan fingerprint density at radius 2 is 1.41 bits per heavy atom. The third-order valence-corrected chi connectivity index (χ3v) is 7.34. The highest BCUT2D eigenvalue weighted by molar-refractivity contribution is 5.95. The number of aromatic nitrogens is 2. The van der Waals surface area contributed by atoms with Gasteiger partial charge in [0.05, 0.1) is 11.5 Å². The van der Waals surface area contributed by atoms with Crippen LogP contribution in [0.15, 0.2) is 104 Å². The lowest BCUT2D eigenvalue weighted by Crippen LogP contribution is -2.53. The number of benzene rings is 3. The molecule has 1 aliphatic rings. The van der Waals surface area contributed by atoms with Crippen LogP contribution in [0.2, 0.25) is 0 Å². The number of carbonyl (C=O) groups excluding carboxylic acids is 2. The number of rotatable bonds is 6. The summed E-state index contributed by atoms with van der Waals surface area (Å²) in [6, 6.07) is 27.4. The van der Waals surface area contributed by atoms with E-state index in [4.69, 9.17) is 0 Å². The minimum atomic E-state index is -0.682. The molecule has 0 radical (unpaired) electrons. The molecule has 0 bridgehead atoms. The van der Waals surface area contributed by atoms with Crippen LogP contribution in [0.1, 0.15) is 47.3 Å². The third-order valence-electron chi connectivity index (χ3n) is 7.34. The van der Waals surface area contributed by atoms with Gasteiger partial charge in [0, 0.05) is 36.6 Å². The Balaban J connectivity index is 1.32. The van der Waals surface area contributed by atoms with E-state index in [1.54, 1.807) is 12.4 Å². The van der Waals surface area contributed by atoms with Gasteiger partial charge in [-0.05, 0) is 48.6 Å². The van der Waals surface area contributed by atoms with Gasteiger partial charge in [0.25, 0.3) is 5.91 Å². The number of nitrogens with one attached hydrogen (secondary N) is 1. The fourth-order valence-electron chi connectivity index (χ4n) is 5.09. The first-order valence-electron chi connectivity index (χ1n) is 12.6. The fourth-order valence-corrected chi connectivity index (χ4v) is 5.09. The van der Waals surface area contributed by atoms with E-state index in [9.17, 15) is 9.59 Å². The molecule has 186 valence electrons. The van der Waals surface area contributed by atoms with E-state index in [1.807, 2.05) is 96.8 Å². The molecule has 6 nitrogen and oxygen atoms in total. The standard InChI is InChI=1S/C31H30N4O2/c1-23(24-8-4-2-5-9-24)34-30(37)31(28-10-6-3-7-11-28)16-18-35(19-17-31)29(36)26-14-12-25(13-15-26)27-20-32-22-33-21-27/h2-15,20-23H,16-19H2,1H3,(H,34,37)/t23-/m0/s1. The number of carbonyl (C=O) groups is 2. The number of hydrogen-bond donors (Lipinski definition) is 1. The van der Waals surface area contributed by atoms with Gasteiger partial charge in [0.1, 0.15) is 6.33 Å². The molecule has 1 N–H and O–H groups in total. The molecule has 37 heavy (non-hydrogen) atoms. The van der Waals surface area contributed by atoms with Gasteiger partial charge in [-0.2, -0.15) is 0 Å². The summed E-state index contributed by atoms with van der Waals surface area (Å²) in [6.45, 7) is 3.03. The van der Waals surface area contributed by atoms with Gasteiger partial charge in [-0.25, -0.2) is 9.97 Å². The molecule has 0 saturated carbocycles. The van der Waals surface area contributed by atoms with Crippen LogP contribution in [-0.4, -0.2) is 39.8 Å². The van der Waals surface area contributed by atoms with Crippen LogP contribution in [0.25, 0.3) is 11.1 Å². The summed E-state index contributed by atoms with van der Waals surface area (Å²) in [7, 11) is 0. The molecular weight excluding hydrogens is 460 g/mol. The van der Waals surface area contributed by atoms with Gasteiger partial charge in [0.2, 0.25) is 5.91 Å². The van der Waals surface area contributed by atoms with E-state index in [-0.39, 0.29) is 17.9 Å². The van der Waals surface area contributed by atoms with Crippen molar-refractivity contribution in [2.75, 3.05) is 13.1 Å². The highest BCUT2D eigenvalue weighted by Crippen LogP contribution is 2.37. The number of nitrogens with zero attached hydrogens (tertiary/aromatic N) is 3. The minimum absolute atomic E-state index is 0.0107. The molecule has 0 aliphatic carbocycles. The molecule has 6 heteroatoms. The summed E-state index contributed by atoms with van der Waals surface area (Å²) >= 11 is 0. The summed E-state index contributed by atoms with van der Waals surface area (Å²) in [5.41, 5.74) is 3.88. The lowest BCUT2D eigenvalue weighted by atomic mass is 9.71. The third kappa shape index (κ3) is 5.14. The van der Waals surface area contributed by atoms with E-state index < -0.39 is 5.41 Å². The summed E-state index contributed by atoms with van der Waals surface area (Å²) in [4.78, 5) is 37.1. The molecular formula is C31H30N4O2. The Morgan fingerprint density at radius 1 is 0.811 bits per heavy atom. The first-order valence-corrected chi connectivity index (χ1v) is 12.6. The van der Waals surface area contributed by atoms with E-state index in [2.05, 4.69) is 15.3 Å². The first kappa shape index (κ1) is 24.4. The average Bonchev–Trinajstić information content (AvgIpc) is 2.98. The van der Waals surface area contributed by atoms with Crippen LogP contribution in [0.5, 0.6) is 0 Å². The molecule has 4 aromatic rings. The molecule has 3 aromatic carbocycles. The number of amides is 2. The van der Waals surface area contributed by atoms with Crippen molar-refractivity contribution in [3.05, 3.63) is 120 Å². The second-order valence-electron chi connectivity index (χ2n) is 9.55. The van der Waals surface area contributed by atoms with Crippen LogP contribution in [0.4, 0.5) is 0 Å². The van der Waals surface area contributed by atoms with Gasteiger partial charge >= 0.3 is 0 Å². The number of hydrogen-bond acceptors (Lipinski definition) is 4. The van der Waals surface area contributed by atoms with Crippen LogP contribution >= 0.6 is 0 Å². The number of piperidine rings is 1. The van der Waals surface area contributed by atoms with Crippen LogP contribution < -0.4 is 5.32 Å². The minimum Gasteiger partial charge on any atom is -0.349 e. The van der Waals surface area contributed by atoms with Crippen molar-refractivity contribution in [3.8, 4) is 11.1 Å². The van der Waals surface area contributed by atoms with Crippen molar-refractivity contribution < 1.29 is 9.59 Å². The van der Waals surface area contributed by atoms with Crippen molar-refractivity contribution in [3.63, 3.8) is 0 Å². The van der Waals surface area contributed by atoms with E-state index in [1.165, 1.54) is 6.33 Å². The molecule has 1 atom stereocenters. The maximum absolute atomic E-state index is 13.8. The van der Waals surface area contributed by atoms with Gasteiger partial charge in [-0.1, -0.05) is 72.8 Å². The maximum Gasteiger partial charge on any atom is 0.253 e. The Bertz CT molecular complexity index is 1330. The molecule has 1 aromatic heterocycles. The highest BCUT2D eigenvalue weighted by atomic mass is 16.2. The van der Waals surface area contributed by atoms with Gasteiger partial charge in [-0.3, -0.25) is 9.59 Å². The zero-order valence-electron chi connectivity index (χ0n) is 20.9. The highest BCUT2D eigenvalue weighted by Gasteiger charge is 2.44. The monoisotopic (exact) mass is 490 g/mol. The Labute approximate surface area is 217 Å². The van der Waals surface area contributed by atoms with E-state index in [0.717, 1.165) is 22.3 Å².